The van der Waals surface area contributed by atoms with E-state index in [9.17, 15) is 14.4 Å². The summed E-state index contributed by atoms with van der Waals surface area (Å²) < 4.78 is 6.48. The molecule has 150 valence electrons. The Kier molecular flexibility index (Phi) is 6.84. The number of benzene rings is 2. The third-order valence-electron chi connectivity index (χ3n) is 3.84. The number of para-hydroxylation sites is 1. The average molecular weight is 430 g/mol. The molecule has 2 amide bonds. The number of ether oxygens (including phenoxy) is 1. The summed E-state index contributed by atoms with van der Waals surface area (Å²) in [5, 5.41) is 2.06. The lowest BCUT2D eigenvalue weighted by Crippen LogP contribution is -2.29. The smallest absolute Gasteiger partial charge is 0.338 e. The first kappa shape index (κ1) is 20.8. The van der Waals surface area contributed by atoms with E-state index in [2.05, 4.69) is 10.3 Å². The number of primary amides is 1. The number of carbonyl (C=O) groups is 3. The Morgan fingerprint density at radius 3 is 2.66 bits per heavy atom. The molecular formula is C20H19N3O4S2. The molecule has 1 unspecified atom stereocenters. The second-order valence-electron chi connectivity index (χ2n) is 6.01. The second kappa shape index (κ2) is 9.53. The lowest BCUT2D eigenvalue weighted by molar-refractivity contribution is -0.121. The van der Waals surface area contributed by atoms with E-state index in [-0.39, 0.29) is 12.3 Å². The van der Waals surface area contributed by atoms with Crippen LogP contribution < -0.4 is 11.1 Å². The third-order valence-corrected chi connectivity index (χ3v) is 6.17. The van der Waals surface area contributed by atoms with Crippen molar-refractivity contribution in [3.05, 3.63) is 54.1 Å². The average Bonchev–Trinajstić information content (AvgIpc) is 3.09. The van der Waals surface area contributed by atoms with Gasteiger partial charge in [-0.1, -0.05) is 30.0 Å². The van der Waals surface area contributed by atoms with Crippen LogP contribution in [0.3, 0.4) is 0 Å². The molecule has 0 radical (unpaired) electrons. The maximum absolute atomic E-state index is 12.7. The van der Waals surface area contributed by atoms with Crippen LogP contribution in [0.4, 0.5) is 5.69 Å². The van der Waals surface area contributed by atoms with Gasteiger partial charge in [0.05, 0.1) is 27.6 Å². The normalized spacial score (nSPS) is 11.8. The van der Waals surface area contributed by atoms with E-state index in [1.54, 1.807) is 49.4 Å². The fourth-order valence-corrected chi connectivity index (χ4v) is 4.83. The highest BCUT2D eigenvalue weighted by molar-refractivity contribution is 8.02. The summed E-state index contributed by atoms with van der Waals surface area (Å²) in [7, 11) is 0. The van der Waals surface area contributed by atoms with Gasteiger partial charge in [-0.2, -0.15) is 0 Å². The number of nitrogens with one attached hydrogen (secondary N) is 1. The molecule has 29 heavy (non-hydrogen) atoms. The standard InChI is InChI=1S/C20H19N3O4S2/c1-2-27-19(26)12-8-9-15-14(10-12)23-20(28-15)29-16(11-17(21)24)18(25)22-13-6-4-3-5-7-13/h3-10,16H,2,11H2,1H3,(H2,21,24)(H,22,25). The molecule has 0 aliphatic heterocycles. The van der Waals surface area contributed by atoms with Crippen molar-refractivity contribution < 1.29 is 19.1 Å². The van der Waals surface area contributed by atoms with Gasteiger partial charge in [0, 0.05) is 12.1 Å². The van der Waals surface area contributed by atoms with Crippen molar-refractivity contribution in [3.8, 4) is 0 Å². The molecule has 1 atom stereocenters. The number of hydrogen-bond acceptors (Lipinski definition) is 7. The van der Waals surface area contributed by atoms with Gasteiger partial charge in [0.15, 0.2) is 4.34 Å². The minimum Gasteiger partial charge on any atom is -0.462 e. The van der Waals surface area contributed by atoms with Crippen LogP contribution in [0.2, 0.25) is 0 Å². The summed E-state index contributed by atoms with van der Waals surface area (Å²) in [6.45, 7) is 2.04. The first-order valence-corrected chi connectivity index (χ1v) is 10.5. The number of carbonyl (C=O) groups excluding carboxylic acids is 3. The molecule has 0 fully saturated rings. The molecule has 3 rings (SSSR count). The van der Waals surface area contributed by atoms with E-state index >= 15 is 0 Å². The summed E-state index contributed by atoms with van der Waals surface area (Å²) in [5.74, 6) is -1.31. The number of esters is 1. The number of nitrogens with zero attached hydrogens (tertiary/aromatic N) is 1. The monoisotopic (exact) mass is 429 g/mol. The Morgan fingerprint density at radius 2 is 1.97 bits per heavy atom. The number of rotatable bonds is 8. The van der Waals surface area contributed by atoms with Crippen LogP contribution in [0.25, 0.3) is 10.2 Å². The van der Waals surface area contributed by atoms with Crippen molar-refractivity contribution in [3.63, 3.8) is 0 Å². The van der Waals surface area contributed by atoms with Crippen LogP contribution in [-0.2, 0) is 14.3 Å². The van der Waals surface area contributed by atoms with E-state index in [1.807, 2.05) is 6.07 Å². The summed E-state index contributed by atoms with van der Waals surface area (Å²) in [6, 6.07) is 14.1. The Bertz CT molecular complexity index is 1040. The first-order valence-electron chi connectivity index (χ1n) is 8.85. The zero-order chi connectivity index (χ0) is 20.8. The molecule has 0 aliphatic carbocycles. The maximum Gasteiger partial charge on any atom is 0.338 e. The number of aromatic nitrogens is 1. The highest BCUT2D eigenvalue weighted by Crippen LogP contribution is 2.34. The number of amides is 2. The van der Waals surface area contributed by atoms with Crippen LogP contribution in [0.1, 0.15) is 23.7 Å². The van der Waals surface area contributed by atoms with Crippen molar-refractivity contribution >= 4 is 56.8 Å². The molecule has 7 nitrogen and oxygen atoms in total. The summed E-state index contributed by atoms with van der Waals surface area (Å²) in [6.07, 6.45) is -0.118. The fraction of sp³-hybridized carbons (Fsp3) is 0.200. The lowest BCUT2D eigenvalue weighted by atomic mass is 10.2. The molecule has 3 N–H and O–H groups in total. The van der Waals surface area contributed by atoms with E-state index in [0.29, 0.717) is 27.7 Å². The molecule has 0 aliphatic rings. The van der Waals surface area contributed by atoms with Gasteiger partial charge in [-0.25, -0.2) is 9.78 Å². The predicted molar refractivity (Wildman–Crippen MR) is 114 cm³/mol. The first-order chi connectivity index (χ1) is 14.0. The number of thiazole rings is 1. The van der Waals surface area contributed by atoms with Crippen molar-refractivity contribution in [2.75, 3.05) is 11.9 Å². The SMILES string of the molecule is CCOC(=O)c1ccc2sc(SC(CC(N)=O)C(=O)Nc3ccccc3)nc2c1. The van der Waals surface area contributed by atoms with E-state index in [0.717, 1.165) is 4.70 Å². The van der Waals surface area contributed by atoms with Gasteiger partial charge < -0.3 is 15.8 Å². The highest BCUT2D eigenvalue weighted by atomic mass is 32.2. The molecule has 3 aromatic rings. The van der Waals surface area contributed by atoms with Crippen LogP contribution in [0, 0.1) is 0 Å². The van der Waals surface area contributed by atoms with E-state index in [4.69, 9.17) is 10.5 Å². The highest BCUT2D eigenvalue weighted by Gasteiger charge is 2.24. The lowest BCUT2D eigenvalue weighted by Gasteiger charge is -2.13. The zero-order valence-electron chi connectivity index (χ0n) is 15.6. The summed E-state index contributed by atoms with van der Waals surface area (Å²) in [5.41, 5.74) is 7.01. The minimum absolute atomic E-state index is 0.118. The van der Waals surface area contributed by atoms with Crippen molar-refractivity contribution in [1.29, 1.82) is 0 Å². The van der Waals surface area contributed by atoms with Gasteiger partial charge in [0.1, 0.15) is 0 Å². The van der Waals surface area contributed by atoms with E-state index < -0.39 is 17.1 Å². The largest absolute Gasteiger partial charge is 0.462 e. The molecule has 0 bridgehead atoms. The number of fused-ring (bicyclic) bond motifs is 1. The van der Waals surface area contributed by atoms with Gasteiger partial charge >= 0.3 is 5.97 Å². The fourth-order valence-electron chi connectivity index (χ4n) is 2.53. The van der Waals surface area contributed by atoms with Crippen LogP contribution in [0.5, 0.6) is 0 Å². The molecular weight excluding hydrogens is 410 g/mol. The number of nitrogens with two attached hydrogens (primary N) is 1. The molecule has 9 heteroatoms. The third kappa shape index (κ3) is 5.55. The minimum atomic E-state index is -0.724. The second-order valence-corrected chi connectivity index (χ2v) is 8.50. The zero-order valence-corrected chi connectivity index (χ0v) is 17.2. The van der Waals surface area contributed by atoms with Crippen LogP contribution in [0.15, 0.2) is 52.9 Å². The van der Waals surface area contributed by atoms with Crippen molar-refractivity contribution in [1.82, 2.24) is 4.98 Å². The van der Waals surface area contributed by atoms with Crippen LogP contribution >= 0.6 is 23.1 Å². The quantitative estimate of drug-likeness (QED) is 0.419. The summed E-state index contributed by atoms with van der Waals surface area (Å²) in [4.78, 5) is 40.5. The Labute approximate surface area is 175 Å². The molecule has 1 heterocycles. The van der Waals surface area contributed by atoms with Gasteiger partial charge in [-0.15, -0.1) is 11.3 Å². The Morgan fingerprint density at radius 1 is 1.21 bits per heavy atom. The van der Waals surface area contributed by atoms with Gasteiger partial charge in [0.2, 0.25) is 11.8 Å². The molecule has 0 saturated heterocycles. The van der Waals surface area contributed by atoms with E-state index in [1.165, 1.54) is 23.1 Å². The molecule has 0 spiro atoms. The number of thioether (sulfide) groups is 1. The Hall–Kier alpha value is -2.91. The van der Waals surface area contributed by atoms with Crippen molar-refractivity contribution in [2.24, 2.45) is 5.73 Å². The van der Waals surface area contributed by atoms with Crippen molar-refractivity contribution in [2.45, 2.75) is 22.9 Å². The molecule has 1 aromatic heterocycles. The maximum atomic E-state index is 12.7. The molecule has 0 saturated carbocycles. The predicted octanol–water partition coefficient (Wildman–Crippen LogP) is 3.45. The molecule has 2 aromatic carbocycles. The number of hydrogen-bond donors (Lipinski definition) is 2. The van der Waals surface area contributed by atoms with Gasteiger partial charge in [-0.3, -0.25) is 9.59 Å². The topological polar surface area (TPSA) is 111 Å². The Balaban J connectivity index is 1.79. The van der Waals surface area contributed by atoms with Gasteiger partial charge in [-0.05, 0) is 37.3 Å². The van der Waals surface area contributed by atoms with Crippen LogP contribution in [-0.4, -0.2) is 34.6 Å². The van der Waals surface area contributed by atoms with Gasteiger partial charge in [0.25, 0.3) is 0 Å². The number of anilines is 1. The summed E-state index contributed by atoms with van der Waals surface area (Å²) >= 11 is 2.55.